The summed E-state index contributed by atoms with van der Waals surface area (Å²) in [5.41, 5.74) is 0.940. The van der Waals surface area contributed by atoms with Gasteiger partial charge in [0.1, 0.15) is 0 Å². The molecule has 28 heavy (non-hydrogen) atoms. The highest BCUT2D eigenvalue weighted by atomic mass is 79.9. The molecular weight excluding hydrogens is 448 g/mol. The van der Waals surface area contributed by atoms with Crippen molar-refractivity contribution < 1.29 is 14.3 Å². The summed E-state index contributed by atoms with van der Waals surface area (Å²) in [4.78, 5) is 44.6. The molecule has 0 bridgehead atoms. The number of halogens is 1. The number of aromatic nitrogens is 3. The van der Waals surface area contributed by atoms with Crippen LogP contribution in [0.2, 0.25) is 0 Å². The van der Waals surface area contributed by atoms with Gasteiger partial charge in [-0.2, -0.15) is 0 Å². The predicted molar refractivity (Wildman–Crippen MR) is 109 cm³/mol. The van der Waals surface area contributed by atoms with Crippen molar-refractivity contribution in [2.24, 2.45) is 0 Å². The molecule has 3 aromatic rings. The number of fused-ring (bicyclic) bond motifs is 1. The lowest BCUT2D eigenvalue weighted by Gasteiger charge is -2.07. The van der Waals surface area contributed by atoms with E-state index in [0.717, 1.165) is 4.47 Å². The Balaban J connectivity index is 1.60. The lowest BCUT2D eigenvalue weighted by Crippen LogP contribution is -2.23. The third kappa shape index (κ3) is 5.02. The van der Waals surface area contributed by atoms with Crippen LogP contribution >= 0.6 is 27.3 Å². The van der Waals surface area contributed by atoms with Crippen LogP contribution in [0.1, 0.15) is 19.0 Å². The molecule has 0 aliphatic heterocycles. The van der Waals surface area contributed by atoms with Gasteiger partial charge in [0, 0.05) is 22.8 Å². The first-order valence-corrected chi connectivity index (χ1v) is 10.2. The molecule has 1 amide bonds. The van der Waals surface area contributed by atoms with Crippen molar-refractivity contribution in [3.05, 3.63) is 50.4 Å². The highest BCUT2D eigenvalue weighted by Gasteiger charge is 2.11. The van der Waals surface area contributed by atoms with E-state index in [1.165, 1.54) is 22.2 Å². The Hall–Kier alpha value is -2.59. The first kappa shape index (κ1) is 20.2. The molecule has 1 aromatic carbocycles. The number of carbonyl (C=O) groups is 2. The zero-order valence-corrected chi connectivity index (χ0v) is 17.4. The predicted octanol–water partition coefficient (Wildman–Crippen LogP) is 2.75. The van der Waals surface area contributed by atoms with Gasteiger partial charge in [-0.25, -0.2) is 9.97 Å². The van der Waals surface area contributed by atoms with Crippen molar-refractivity contribution in [1.82, 2.24) is 14.5 Å². The summed E-state index contributed by atoms with van der Waals surface area (Å²) < 4.78 is 7.06. The lowest BCUT2D eigenvalue weighted by atomic mass is 10.2. The minimum absolute atomic E-state index is 0.0634. The fourth-order valence-corrected chi connectivity index (χ4v) is 3.59. The van der Waals surface area contributed by atoms with Gasteiger partial charge in [-0.05, 0) is 25.1 Å². The summed E-state index contributed by atoms with van der Waals surface area (Å²) in [7, 11) is 0. The second-order valence-corrected chi connectivity index (χ2v) is 7.60. The highest BCUT2D eigenvalue weighted by molar-refractivity contribution is 9.10. The topological polar surface area (TPSA) is 103 Å². The molecule has 0 radical (unpaired) electrons. The molecule has 0 atom stereocenters. The van der Waals surface area contributed by atoms with Gasteiger partial charge >= 0.3 is 5.97 Å². The largest absolute Gasteiger partial charge is 0.466 e. The van der Waals surface area contributed by atoms with Crippen molar-refractivity contribution in [2.45, 2.75) is 26.3 Å². The Morgan fingerprint density at radius 1 is 1.36 bits per heavy atom. The molecule has 2 aromatic heterocycles. The Bertz CT molecular complexity index is 1080. The van der Waals surface area contributed by atoms with E-state index in [1.54, 1.807) is 24.4 Å². The fourth-order valence-electron chi connectivity index (χ4n) is 2.50. The third-order valence-corrected chi connectivity index (χ3v) is 5.09. The van der Waals surface area contributed by atoms with Gasteiger partial charge < -0.3 is 10.1 Å². The number of ether oxygens (including phenoxy) is 1. The van der Waals surface area contributed by atoms with Crippen molar-refractivity contribution in [1.29, 1.82) is 0 Å². The number of benzene rings is 1. The summed E-state index contributed by atoms with van der Waals surface area (Å²) in [6, 6.07) is 5.28. The van der Waals surface area contributed by atoms with Crippen LogP contribution in [-0.2, 0) is 27.3 Å². The van der Waals surface area contributed by atoms with Crippen LogP contribution < -0.4 is 10.9 Å². The molecular formula is C18H17BrN4O4S. The van der Waals surface area contributed by atoms with Crippen molar-refractivity contribution in [2.75, 3.05) is 11.9 Å². The van der Waals surface area contributed by atoms with Gasteiger partial charge in [-0.3, -0.25) is 19.0 Å². The number of amides is 1. The van der Waals surface area contributed by atoms with Crippen LogP contribution in [0.15, 0.2) is 39.2 Å². The van der Waals surface area contributed by atoms with Crippen LogP contribution in [0, 0.1) is 0 Å². The zero-order chi connectivity index (χ0) is 20.1. The van der Waals surface area contributed by atoms with Gasteiger partial charge in [-0.15, -0.1) is 11.3 Å². The second kappa shape index (κ2) is 9.07. The number of hydrogen-bond donors (Lipinski definition) is 1. The quantitative estimate of drug-likeness (QED) is 0.539. The van der Waals surface area contributed by atoms with E-state index in [4.69, 9.17) is 4.74 Å². The zero-order valence-electron chi connectivity index (χ0n) is 15.0. The molecule has 0 saturated carbocycles. The molecule has 2 heterocycles. The van der Waals surface area contributed by atoms with Gasteiger partial charge in [0.2, 0.25) is 5.91 Å². The van der Waals surface area contributed by atoms with E-state index in [1.807, 2.05) is 6.07 Å². The molecule has 1 N–H and O–H groups in total. The highest BCUT2D eigenvalue weighted by Crippen LogP contribution is 2.17. The van der Waals surface area contributed by atoms with E-state index in [0.29, 0.717) is 28.3 Å². The average Bonchev–Trinajstić information content (AvgIpc) is 3.08. The van der Waals surface area contributed by atoms with Crippen LogP contribution in [0.4, 0.5) is 5.13 Å². The van der Waals surface area contributed by atoms with E-state index < -0.39 is 0 Å². The van der Waals surface area contributed by atoms with Gasteiger partial charge in [0.15, 0.2) is 5.13 Å². The minimum Gasteiger partial charge on any atom is -0.466 e. The van der Waals surface area contributed by atoms with Gasteiger partial charge in [-0.1, -0.05) is 15.9 Å². The van der Waals surface area contributed by atoms with Gasteiger partial charge in [0.25, 0.3) is 5.56 Å². The number of carbonyl (C=O) groups excluding carboxylic acids is 2. The smallest absolute Gasteiger partial charge is 0.311 e. The molecule has 3 rings (SSSR count). The summed E-state index contributed by atoms with van der Waals surface area (Å²) in [5.74, 6) is -0.640. The number of thiazole rings is 1. The molecule has 0 saturated heterocycles. The van der Waals surface area contributed by atoms with E-state index >= 15 is 0 Å². The monoisotopic (exact) mass is 464 g/mol. The second-order valence-electron chi connectivity index (χ2n) is 5.83. The van der Waals surface area contributed by atoms with Crippen molar-refractivity contribution in [3.8, 4) is 0 Å². The minimum atomic E-state index is -0.361. The number of hydrogen-bond acceptors (Lipinski definition) is 7. The molecule has 0 aliphatic rings. The third-order valence-electron chi connectivity index (χ3n) is 3.79. The fraction of sp³-hybridized carbons (Fsp3) is 0.278. The number of nitrogens with one attached hydrogen (secondary N) is 1. The van der Waals surface area contributed by atoms with Crippen LogP contribution in [0.25, 0.3) is 10.9 Å². The first-order chi connectivity index (χ1) is 13.5. The van der Waals surface area contributed by atoms with E-state index in [-0.39, 0.29) is 36.8 Å². The lowest BCUT2D eigenvalue weighted by molar-refractivity contribution is -0.142. The molecule has 8 nitrogen and oxygen atoms in total. The van der Waals surface area contributed by atoms with Crippen molar-refractivity contribution in [3.63, 3.8) is 0 Å². The number of anilines is 1. The molecule has 0 spiro atoms. The molecule has 10 heteroatoms. The summed E-state index contributed by atoms with van der Waals surface area (Å²) in [6.45, 7) is 2.24. The molecule has 0 unspecified atom stereocenters. The Morgan fingerprint density at radius 3 is 2.96 bits per heavy atom. The van der Waals surface area contributed by atoms with Gasteiger partial charge in [0.05, 0.1) is 36.0 Å². The Labute approximate surface area is 172 Å². The average molecular weight is 465 g/mol. The van der Waals surface area contributed by atoms with E-state index in [2.05, 4.69) is 31.2 Å². The number of aryl methyl sites for hydroxylation is 1. The van der Waals surface area contributed by atoms with Crippen LogP contribution in [-0.4, -0.2) is 33.0 Å². The molecule has 0 fully saturated rings. The summed E-state index contributed by atoms with van der Waals surface area (Å²) in [5, 5.41) is 5.26. The van der Waals surface area contributed by atoms with Crippen LogP contribution in [0.3, 0.4) is 0 Å². The van der Waals surface area contributed by atoms with Crippen LogP contribution in [0.5, 0.6) is 0 Å². The Morgan fingerprint density at radius 2 is 2.18 bits per heavy atom. The normalized spacial score (nSPS) is 10.8. The van der Waals surface area contributed by atoms with Crippen molar-refractivity contribution >= 4 is 55.2 Å². The molecule has 0 aliphatic carbocycles. The maximum Gasteiger partial charge on any atom is 0.311 e. The number of esters is 1. The SMILES string of the molecule is CCOC(=O)Cc1csc(NC(=O)CCn2cnc3ccc(Br)cc3c2=O)n1. The number of nitrogens with zero attached hydrogens (tertiary/aromatic N) is 3. The maximum atomic E-state index is 12.5. The summed E-state index contributed by atoms with van der Waals surface area (Å²) >= 11 is 4.57. The first-order valence-electron chi connectivity index (χ1n) is 8.51. The summed E-state index contributed by atoms with van der Waals surface area (Å²) in [6.07, 6.45) is 1.59. The molecule has 146 valence electrons. The Kier molecular flexibility index (Phi) is 6.53. The standard InChI is InChI=1S/C18H17BrN4O4S/c1-2-27-16(25)8-12-9-28-18(21-12)22-15(24)5-6-23-10-20-14-4-3-11(19)7-13(14)17(23)26/h3-4,7,9-10H,2,5-6,8H2,1H3,(H,21,22,24). The van der Waals surface area contributed by atoms with E-state index in [9.17, 15) is 14.4 Å². The maximum absolute atomic E-state index is 12.5. The number of rotatable bonds is 7.